The minimum atomic E-state index is -0.153. The van der Waals surface area contributed by atoms with E-state index in [2.05, 4.69) is 22.9 Å². The van der Waals surface area contributed by atoms with Gasteiger partial charge >= 0.3 is 0 Å². The molecule has 0 aliphatic carbocycles. The van der Waals surface area contributed by atoms with E-state index in [9.17, 15) is 9.59 Å². The first-order valence-corrected chi connectivity index (χ1v) is 8.80. The van der Waals surface area contributed by atoms with Crippen molar-refractivity contribution in [2.75, 3.05) is 39.3 Å². The Kier molecular flexibility index (Phi) is 5.14. The van der Waals surface area contributed by atoms with Gasteiger partial charge in [-0.1, -0.05) is 6.07 Å². The van der Waals surface area contributed by atoms with Crippen LogP contribution < -0.4 is 0 Å². The number of pyridine rings is 1. The van der Waals surface area contributed by atoms with Crippen molar-refractivity contribution in [2.24, 2.45) is 5.92 Å². The van der Waals surface area contributed by atoms with Crippen LogP contribution >= 0.6 is 0 Å². The number of likely N-dealkylation sites (tertiary alicyclic amines) is 1. The highest BCUT2D eigenvalue weighted by Crippen LogP contribution is 2.23. The van der Waals surface area contributed by atoms with Gasteiger partial charge < -0.3 is 9.80 Å². The number of rotatable bonds is 4. The maximum Gasteiger partial charge on any atom is 0.228 e. The molecule has 0 aromatic carbocycles. The van der Waals surface area contributed by atoms with Crippen molar-refractivity contribution in [2.45, 2.75) is 26.3 Å². The molecule has 3 heterocycles. The number of carbonyl (C=O) groups is 2. The molecule has 0 saturated carbocycles. The Morgan fingerprint density at radius 1 is 1.33 bits per heavy atom. The van der Waals surface area contributed by atoms with E-state index in [0.717, 1.165) is 26.2 Å². The fourth-order valence-corrected chi connectivity index (χ4v) is 3.66. The van der Waals surface area contributed by atoms with Gasteiger partial charge in [-0.15, -0.1) is 0 Å². The second kappa shape index (κ2) is 7.30. The first-order valence-electron chi connectivity index (χ1n) is 8.80. The quantitative estimate of drug-likeness (QED) is 0.831. The highest BCUT2D eigenvalue weighted by molar-refractivity contribution is 5.89. The number of piperazine rings is 1. The number of amides is 2. The average molecular weight is 330 g/mol. The SMILES string of the molecule is CCN1C[C@@H](C(=O)N2CCN([C@H](C)c3cccnc3)CC2)CC1=O. The van der Waals surface area contributed by atoms with Crippen LogP contribution in [0.2, 0.25) is 0 Å². The van der Waals surface area contributed by atoms with Crippen LogP contribution in [0.25, 0.3) is 0 Å². The van der Waals surface area contributed by atoms with E-state index in [4.69, 9.17) is 0 Å². The minimum absolute atomic E-state index is 0.111. The summed E-state index contributed by atoms with van der Waals surface area (Å²) in [6, 6.07) is 4.36. The molecular formula is C18H26N4O2. The highest BCUT2D eigenvalue weighted by atomic mass is 16.2. The fourth-order valence-electron chi connectivity index (χ4n) is 3.66. The zero-order valence-corrected chi connectivity index (χ0v) is 14.5. The second-order valence-corrected chi connectivity index (χ2v) is 6.66. The first-order chi connectivity index (χ1) is 11.6. The van der Waals surface area contributed by atoms with E-state index >= 15 is 0 Å². The van der Waals surface area contributed by atoms with Gasteiger partial charge in [0.05, 0.1) is 5.92 Å². The zero-order valence-electron chi connectivity index (χ0n) is 14.5. The van der Waals surface area contributed by atoms with Gasteiger partial charge in [-0.25, -0.2) is 0 Å². The van der Waals surface area contributed by atoms with Crippen molar-refractivity contribution in [3.05, 3.63) is 30.1 Å². The smallest absolute Gasteiger partial charge is 0.228 e. The van der Waals surface area contributed by atoms with Gasteiger partial charge in [0.1, 0.15) is 0 Å². The highest BCUT2D eigenvalue weighted by Gasteiger charge is 2.36. The minimum Gasteiger partial charge on any atom is -0.342 e. The van der Waals surface area contributed by atoms with Gasteiger partial charge in [-0.05, 0) is 25.5 Å². The summed E-state index contributed by atoms with van der Waals surface area (Å²) in [5.74, 6) is 0.104. The van der Waals surface area contributed by atoms with Crippen LogP contribution in [-0.2, 0) is 9.59 Å². The standard InChI is InChI=1S/C18H26N4O2/c1-3-20-13-16(11-17(20)23)18(24)22-9-7-21(8-10-22)14(2)15-5-4-6-19-12-15/h4-6,12,14,16H,3,7-11,13H2,1-2H3/t14-,16+/m1/s1. The molecule has 0 unspecified atom stereocenters. The van der Waals surface area contributed by atoms with Gasteiger partial charge in [0, 0.05) is 64.1 Å². The van der Waals surface area contributed by atoms with E-state index in [1.807, 2.05) is 24.1 Å². The van der Waals surface area contributed by atoms with Crippen molar-refractivity contribution in [3.63, 3.8) is 0 Å². The predicted octanol–water partition coefficient (Wildman–Crippen LogP) is 1.16. The van der Waals surface area contributed by atoms with Gasteiger partial charge in [0.15, 0.2) is 0 Å². The van der Waals surface area contributed by atoms with Crippen molar-refractivity contribution in [1.82, 2.24) is 19.7 Å². The number of carbonyl (C=O) groups excluding carboxylic acids is 2. The monoisotopic (exact) mass is 330 g/mol. The predicted molar refractivity (Wildman–Crippen MR) is 91.2 cm³/mol. The molecular weight excluding hydrogens is 304 g/mol. The maximum atomic E-state index is 12.7. The largest absolute Gasteiger partial charge is 0.342 e. The lowest BCUT2D eigenvalue weighted by molar-refractivity contribution is -0.137. The Labute approximate surface area is 143 Å². The second-order valence-electron chi connectivity index (χ2n) is 6.66. The third kappa shape index (κ3) is 3.43. The average Bonchev–Trinajstić information content (AvgIpc) is 3.02. The van der Waals surface area contributed by atoms with E-state index in [-0.39, 0.29) is 17.7 Å². The third-order valence-corrected chi connectivity index (χ3v) is 5.29. The third-order valence-electron chi connectivity index (χ3n) is 5.29. The lowest BCUT2D eigenvalue weighted by Crippen LogP contribution is -2.51. The molecule has 2 saturated heterocycles. The fraction of sp³-hybridized carbons (Fsp3) is 0.611. The molecule has 2 atom stereocenters. The summed E-state index contributed by atoms with van der Waals surface area (Å²) in [6.45, 7) is 8.62. The number of hydrogen-bond acceptors (Lipinski definition) is 4. The van der Waals surface area contributed by atoms with E-state index in [1.54, 1.807) is 11.1 Å². The molecule has 0 radical (unpaired) electrons. The molecule has 0 spiro atoms. The molecule has 0 N–H and O–H groups in total. The van der Waals surface area contributed by atoms with Crippen LogP contribution in [0, 0.1) is 5.92 Å². The molecule has 1 aromatic rings. The molecule has 1 aromatic heterocycles. The van der Waals surface area contributed by atoms with E-state index in [0.29, 0.717) is 25.6 Å². The van der Waals surface area contributed by atoms with E-state index < -0.39 is 0 Å². The molecule has 6 heteroatoms. The van der Waals surface area contributed by atoms with Crippen molar-refractivity contribution >= 4 is 11.8 Å². The van der Waals surface area contributed by atoms with Gasteiger partial charge in [0.2, 0.25) is 11.8 Å². The van der Waals surface area contributed by atoms with E-state index in [1.165, 1.54) is 5.56 Å². The Balaban J connectivity index is 1.53. The summed E-state index contributed by atoms with van der Waals surface area (Å²) in [5, 5.41) is 0. The van der Waals surface area contributed by atoms with Gasteiger partial charge in [-0.2, -0.15) is 0 Å². The molecule has 2 fully saturated rings. The van der Waals surface area contributed by atoms with Crippen LogP contribution in [0.1, 0.15) is 31.9 Å². The Hall–Kier alpha value is -1.95. The lowest BCUT2D eigenvalue weighted by atomic mass is 10.1. The normalized spacial score (nSPS) is 23.6. The summed E-state index contributed by atoms with van der Waals surface area (Å²) in [6.07, 6.45) is 4.07. The summed E-state index contributed by atoms with van der Waals surface area (Å²) in [5.41, 5.74) is 1.21. The summed E-state index contributed by atoms with van der Waals surface area (Å²) in [7, 11) is 0. The van der Waals surface area contributed by atoms with Gasteiger partial charge in [-0.3, -0.25) is 19.5 Å². The molecule has 2 aliphatic heterocycles. The van der Waals surface area contributed by atoms with Crippen molar-refractivity contribution in [3.8, 4) is 0 Å². The topological polar surface area (TPSA) is 56.8 Å². The van der Waals surface area contributed by atoms with Gasteiger partial charge in [0.25, 0.3) is 0 Å². The van der Waals surface area contributed by atoms with Crippen LogP contribution in [0.4, 0.5) is 0 Å². The van der Waals surface area contributed by atoms with Crippen molar-refractivity contribution in [1.29, 1.82) is 0 Å². The number of hydrogen-bond donors (Lipinski definition) is 0. The molecule has 6 nitrogen and oxygen atoms in total. The van der Waals surface area contributed by atoms with Crippen LogP contribution in [0.15, 0.2) is 24.5 Å². The first kappa shape index (κ1) is 16.9. The number of nitrogens with zero attached hydrogens (tertiary/aromatic N) is 4. The Bertz CT molecular complexity index is 584. The van der Waals surface area contributed by atoms with Crippen LogP contribution in [0.5, 0.6) is 0 Å². The molecule has 2 amide bonds. The summed E-state index contributed by atoms with van der Waals surface area (Å²) in [4.78, 5) is 34.8. The van der Waals surface area contributed by atoms with Crippen molar-refractivity contribution < 1.29 is 9.59 Å². The number of aromatic nitrogens is 1. The lowest BCUT2D eigenvalue weighted by Gasteiger charge is -2.39. The molecule has 3 rings (SSSR count). The molecule has 2 aliphatic rings. The maximum absolute atomic E-state index is 12.7. The molecule has 0 bridgehead atoms. The van der Waals surface area contributed by atoms with Crippen LogP contribution in [0.3, 0.4) is 0 Å². The molecule has 24 heavy (non-hydrogen) atoms. The summed E-state index contributed by atoms with van der Waals surface area (Å²) >= 11 is 0. The molecule has 130 valence electrons. The van der Waals surface area contributed by atoms with Crippen LogP contribution in [-0.4, -0.2) is 70.8 Å². The Morgan fingerprint density at radius 3 is 2.67 bits per heavy atom. The zero-order chi connectivity index (χ0) is 17.1. The Morgan fingerprint density at radius 2 is 2.08 bits per heavy atom. The summed E-state index contributed by atoms with van der Waals surface area (Å²) < 4.78 is 0.